The van der Waals surface area contributed by atoms with Crippen LogP contribution in [-0.2, 0) is 24.4 Å². The van der Waals surface area contributed by atoms with Gasteiger partial charge in [-0.15, -0.1) is 0 Å². The molecule has 3 amide bonds. The number of imide groups is 1. The number of carbonyl (C=O) groups excluding carboxylic acids is 3. The molecule has 1 unspecified atom stereocenters. The topological polar surface area (TPSA) is 118 Å². The van der Waals surface area contributed by atoms with Crippen LogP contribution in [0.15, 0.2) is 29.2 Å². The van der Waals surface area contributed by atoms with Gasteiger partial charge < -0.3 is 4.90 Å². The van der Waals surface area contributed by atoms with E-state index in [2.05, 4.69) is 0 Å². The average molecular weight is 405 g/mol. The molecule has 28 heavy (non-hydrogen) atoms. The molecule has 3 aliphatic rings. The van der Waals surface area contributed by atoms with Gasteiger partial charge in [0, 0.05) is 12.0 Å². The number of sulfonamides is 1. The molecule has 0 radical (unpaired) electrons. The maximum absolute atomic E-state index is 13.1. The minimum Gasteiger partial charge on any atom is -0.327 e. The highest BCUT2D eigenvalue weighted by Crippen LogP contribution is 2.38. The summed E-state index contributed by atoms with van der Waals surface area (Å²) in [6, 6.07) is 4.55. The van der Waals surface area contributed by atoms with Crippen LogP contribution < -0.4 is 10.0 Å². The molecule has 0 bridgehead atoms. The fourth-order valence-corrected chi connectivity index (χ4v) is 4.72. The Labute approximate surface area is 163 Å². The lowest BCUT2D eigenvalue weighted by atomic mass is 10.1. The first kappa shape index (κ1) is 19.1. The maximum Gasteiger partial charge on any atom is 0.257 e. The number of benzene rings is 1. The summed E-state index contributed by atoms with van der Waals surface area (Å²) in [5, 5.41) is 5.09. The molecule has 2 aliphatic carbocycles. The van der Waals surface area contributed by atoms with Crippen molar-refractivity contribution in [2.45, 2.75) is 61.9 Å². The molecule has 1 aromatic rings. The van der Waals surface area contributed by atoms with Crippen LogP contribution in [0.2, 0.25) is 0 Å². The summed E-state index contributed by atoms with van der Waals surface area (Å²) in [4.78, 5) is 41.3. The van der Waals surface area contributed by atoms with Gasteiger partial charge in [-0.2, -0.15) is 0 Å². The molecule has 4 rings (SSSR count). The largest absolute Gasteiger partial charge is 0.327 e. The fourth-order valence-electron chi connectivity index (χ4n) is 4.20. The number of primary sulfonamides is 1. The Hall–Kier alpha value is -2.26. The van der Waals surface area contributed by atoms with E-state index in [0.717, 1.165) is 43.4 Å². The molecule has 1 aliphatic heterocycles. The van der Waals surface area contributed by atoms with Gasteiger partial charge in [0.1, 0.15) is 6.04 Å². The highest BCUT2D eigenvalue weighted by molar-refractivity contribution is 7.89. The molecular formula is C19H23N3O5S. The third kappa shape index (κ3) is 3.44. The molecule has 1 aromatic carbocycles. The van der Waals surface area contributed by atoms with Crippen molar-refractivity contribution < 1.29 is 22.8 Å². The van der Waals surface area contributed by atoms with Gasteiger partial charge in [-0.25, -0.2) is 18.5 Å². The lowest BCUT2D eigenvalue weighted by molar-refractivity contribution is -0.142. The quantitative estimate of drug-likeness (QED) is 0.737. The number of rotatable bonds is 5. The summed E-state index contributed by atoms with van der Waals surface area (Å²) in [5.74, 6) is -0.838. The number of carbonyl (C=O) groups is 3. The van der Waals surface area contributed by atoms with Crippen LogP contribution in [0.5, 0.6) is 0 Å². The van der Waals surface area contributed by atoms with Crippen molar-refractivity contribution in [3.63, 3.8) is 0 Å². The van der Waals surface area contributed by atoms with Gasteiger partial charge in [-0.1, -0.05) is 12.8 Å². The monoisotopic (exact) mass is 405 g/mol. The van der Waals surface area contributed by atoms with E-state index in [0.29, 0.717) is 0 Å². The van der Waals surface area contributed by atoms with E-state index in [1.54, 1.807) is 4.90 Å². The number of nitrogens with two attached hydrogens (primary N) is 1. The normalized spacial score (nSPS) is 23.5. The van der Waals surface area contributed by atoms with Gasteiger partial charge >= 0.3 is 0 Å². The zero-order chi connectivity index (χ0) is 20.1. The Morgan fingerprint density at radius 3 is 2.18 bits per heavy atom. The summed E-state index contributed by atoms with van der Waals surface area (Å²) in [5.41, 5.74) is 0.287. The van der Waals surface area contributed by atoms with Gasteiger partial charge in [0.25, 0.3) is 5.91 Å². The van der Waals surface area contributed by atoms with E-state index in [9.17, 15) is 22.8 Å². The first-order valence-corrected chi connectivity index (χ1v) is 11.1. The zero-order valence-electron chi connectivity index (χ0n) is 15.4. The first-order chi connectivity index (χ1) is 13.3. The van der Waals surface area contributed by atoms with Crippen molar-refractivity contribution in [3.05, 3.63) is 24.3 Å². The Morgan fingerprint density at radius 1 is 1.04 bits per heavy atom. The second-order valence-corrected chi connectivity index (χ2v) is 9.35. The summed E-state index contributed by atoms with van der Waals surface area (Å²) < 4.78 is 22.8. The predicted molar refractivity (Wildman–Crippen MR) is 101 cm³/mol. The number of hydrogen-bond donors (Lipinski definition) is 1. The molecule has 0 aromatic heterocycles. The van der Waals surface area contributed by atoms with Crippen LogP contribution >= 0.6 is 0 Å². The van der Waals surface area contributed by atoms with Crippen LogP contribution in [-0.4, -0.2) is 43.1 Å². The van der Waals surface area contributed by atoms with Gasteiger partial charge in [0.2, 0.25) is 21.8 Å². The Kier molecular flexibility index (Phi) is 4.75. The SMILES string of the molecule is NS(=O)(=O)c1ccc(N2C(=O)CC(N(C(=O)C3CC3)C3CCCC3)C2=O)cc1. The molecule has 8 nitrogen and oxygen atoms in total. The third-order valence-electron chi connectivity index (χ3n) is 5.78. The molecule has 1 atom stereocenters. The van der Waals surface area contributed by atoms with E-state index in [4.69, 9.17) is 5.14 Å². The summed E-state index contributed by atoms with van der Waals surface area (Å²) >= 11 is 0. The van der Waals surface area contributed by atoms with E-state index in [1.165, 1.54) is 24.3 Å². The lowest BCUT2D eigenvalue weighted by Crippen LogP contribution is -2.50. The molecule has 0 spiro atoms. The van der Waals surface area contributed by atoms with Crippen molar-refractivity contribution in [1.82, 2.24) is 4.90 Å². The smallest absolute Gasteiger partial charge is 0.257 e. The maximum atomic E-state index is 13.1. The zero-order valence-corrected chi connectivity index (χ0v) is 16.2. The predicted octanol–water partition coefficient (Wildman–Crippen LogP) is 1.15. The molecule has 1 heterocycles. The van der Waals surface area contributed by atoms with E-state index in [-0.39, 0.29) is 40.8 Å². The second kappa shape index (κ2) is 6.97. The molecule has 9 heteroatoms. The Morgan fingerprint density at radius 2 is 1.64 bits per heavy atom. The van der Waals surface area contributed by atoms with Crippen LogP contribution in [0.25, 0.3) is 0 Å². The molecule has 1 saturated heterocycles. The molecule has 150 valence electrons. The lowest BCUT2D eigenvalue weighted by Gasteiger charge is -2.33. The van der Waals surface area contributed by atoms with Crippen LogP contribution in [0.4, 0.5) is 5.69 Å². The van der Waals surface area contributed by atoms with E-state index < -0.39 is 22.0 Å². The summed E-state index contributed by atoms with van der Waals surface area (Å²) in [6.45, 7) is 0. The Balaban J connectivity index is 1.61. The fraction of sp³-hybridized carbons (Fsp3) is 0.526. The first-order valence-electron chi connectivity index (χ1n) is 9.59. The minimum absolute atomic E-state index is 0.00975. The van der Waals surface area contributed by atoms with Crippen molar-refractivity contribution in [1.29, 1.82) is 0 Å². The summed E-state index contributed by atoms with van der Waals surface area (Å²) in [7, 11) is -3.86. The van der Waals surface area contributed by atoms with Crippen molar-refractivity contribution in [3.8, 4) is 0 Å². The highest BCUT2D eigenvalue weighted by atomic mass is 32.2. The van der Waals surface area contributed by atoms with E-state index >= 15 is 0 Å². The Bertz CT molecular complexity index is 917. The highest BCUT2D eigenvalue weighted by Gasteiger charge is 2.49. The minimum atomic E-state index is -3.86. The van der Waals surface area contributed by atoms with Crippen LogP contribution in [0.3, 0.4) is 0 Å². The van der Waals surface area contributed by atoms with Gasteiger partial charge in [-0.3, -0.25) is 14.4 Å². The molecule has 3 fully saturated rings. The van der Waals surface area contributed by atoms with Crippen molar-refractivity contribution >= 4 is 33.4 Å². The summed E-state index contributed by atoms with van der Waals surface area (Å²) in [6.07, 6.45) is 5.41. The van der Waals surface area contributed by atoms with Gasteiger partial charge in [-0.05, 0) is 49.9 Å². The number of amides is 3. The average Bonchev–Trinajstić information content (AvgIpc) is 3.28. The number of anilines is 1. The molecule has 2 saturated carbocycles. The van der Waals surface area contributed by atoms with Crippen molar-refractivity contribution in [2.75, 3.05) is 4.90 Å². The van der Waals surface area contributed by atoms with Gasteiger partial charge in [0.15, 0.2) is 0 Å². The van der Waals surface area contributed by atoms with Gasteiger partial charge in [0.05, 0.1) is 17.0 Å². The van der Waals surface area contributed by atoms with E-state index in [1.807, 2.05) is 0 Å². The second-order valence-electron chi connectivity index (χ2n) is 7.78. The number of hydrogen-bond acceptors (Lipinski definition) is 5. The standard InChI is InChI=1S/C19H23N3O5S/c20-28(26,27)15-9-7-14(8-10-15)22-17(23)11-16(19(22)25)21(13-3-1-2-4-13)18(24)12-5-6-12/h7-10,12-13,16H,1-6,11H2,(H2,20,26,27). The molecular weight excluding hydrogens is 382 g/mol. The third-order valence-corrected chi connectivity index (χ3v) is 6.71. The van der Waals surface area contributed by atoms with Crippen LogP contribution in [0, 0.1) is 5.92 Å². The van der Waals surface area contributed by atoms with Crippen LogP contribution in [0.1, 0.15) is 44.9 Å². The molecule has 2 N–H and O–H groups in total. The van der Waals surface area contributed by atoms with Crippen molar-refractivity contribution in [2.24, 2.45) is 11.1 Å². The number of nitrogens with zero attached hydrogens (tertiary/aromatic N) is 2.